The van der Waals surface area contributed by atoms with Crippen molar-refractivity contribution >= 4 is 34.8 Å². The maximum absolute atomic E-state index is 12.0. The molecule has 2 N–H and O–H groups in total. The molecule has 0 aliphatic carbocycles. The van der Waals surface area contributed by atoms with E-state index in [-0.39, 0.29) is 23.9 Å². The maximum Gasteiger partial charge on any atom is 0.219 e. The third-order valence-corrected chi connectivity index (χ3v) is 11.9. The van der Waals surface area contributed by atoms with Crippen molar-refractivity contribution in [2.24, 2.45) is 14.1 Å². The van der Waals surface area contributed by atoms with Crippen LogP contribution in [0.15, 0.2) is 73.3 Å². The first kappa shape index (κ1) is 39.2. The van der Waals surface area contributed by atoms with Crippen LogP contribution < -0.4 is 10.6 Å². The fourth-order valence-electron chi connectivity index (χ4n) is 8.57. The lowest BCUT2D eigenvalue weighted by molar-refractivity contribution is -0.130. The van der Waals surface area contributed by atoms with Gasteiger partial charge in [0.1, 0.15) is 0 Å². The number of nitrogens with zero attached hydrogens (tertiary/aromatic N) is 10. The lowest BCUT2D eigenvalue weighted by Gasteiger charge is -2.27. The van der Waals surface area contributed by atoms with Crippen LogP contribution >= 0.6 is 0 Å². The molecule has 60 heavy (non-hydrogen) atoms. The number of aryl methyl sites for hydroxylation is 2. The number of ether oxygens (including phenoxy) is 2. The minimum atomic E-state index is 0.101. The van der Waals surface area contributed by atoms with Crippen LogP contribution in [0.1, 0.15) is 61.3 Å². The summed E-state index contributed by atoms with van der Waals surface area (Å²) in [4.78, 5) is 27.7. The number of anilines is 4. The Morgan fingerprint density at radius 3 is 1.37 bits per heavy atom. The first-order chi connectivity index (χ1) is 29.2. The molecule has 2 amide bonds. The summed E-state index contributed by atoms with van der Waals surface area (Å²) in [6, 6.07) is 17.1. The van der Waals surface area contributed by atoms with E-state index in [9.17, 15) is 9.59 Å². The summed E-state index contributed by atoms with van der Waals surface area (Å²) in [6.07, 6.45) is 11.3. The molecule has 6 aromatic rings. The Bertz CT molecular complexity index is 2300. The molecule has 0 bridgehead atoms. The Kier molecular flexibility index (Phi) is 11.0. The Balaban J connectivity index is 0.000000154. The molecule has 16 nitrogen and oxygen atoms in total. The van der Waals surface area contributed by atoms with E-state index >= 15 is 0 Å². The first-order valence-corrected chi connectivity index (χ1v) is 20.8. The highest BCUT2D eigenvalue weighted by atomic mass is 16.5. The summed E-state index contributed by atoms with van der Waals surface area (Å²) in [5.74, 6) is 1.86. The van der Waals surface area contributed by atoms with E-state index < -0.39 is 0 Å². The molecular weight excluding hydrogens is 761 g/mol. The third kappa shape index (κ3) is 8.16. The van der Waals surface area contributed by atoms with Crippen molar-refractivity contribution in [2.75, 3.05) is 50.2 Å². The van der Waals surface area contributed by atoms with Gasteiger partial charge in [-0.1, -0.05) is 24.3 Å². The van der Waals surface area contributed by atoms with Gasteiger partial charge in [-0.25, -0.2) is 0 Å². The number of fused-ring (bicyclic) bond motifs is 2. The minimum absolute atomic E-state index is 0.101. The van der Waals surface area contributed by atoms with Crippen LogP contribution in [0.5, 0.6) is 0 Å². The molecule has 10 rings (SSSR count). The predicted octanol–water partition coefficient (Wildman–Crippen LogP) is 5.79. The molecule has 2 fully saturated rings. The zero-order valence-electron chi connectivity index (χ0n) is 34.7. The highest BCUT2D eigenvalue weighted by Crippen LogP contribution is 2.35. The van der Waals surface area contributed by atoms with Gasteiger partial charge in [-0.05, 0) is 48.2 Å². The van der Waals surface area contributed by atoms with Crippen molar-refractivity contribution < 1.29 is 19.1 Å². The van der Waals surface area contributed by atoms with Crippen LogP contribution in [-0.4, -0.2) is 100 Å². The molecule has 4 aliphatic rings. The number of hydrogen-bond donors (Lipinski definition) is 2. The fourth-order valence-corrected chi connectivity index (χ4v) is 8.57. The summed E-state index contributed by atoms with van der Waals surface area (Å²) in [7, 11) is 3.83. The number of benzene rings is 2. The van der Waals surface area contributed by atoms with Crippen LogP contribution in [0.3, 0.4) is 0 Å². The van der Waals surface area contributed by atoms with Gasteiger partial charge in [0, 0.05) is 124 Å². The van der Waals surface area contributed by atoms with Crippen molar-refractivity contribution in [1.82, 2.24) is 48.9 Å². The van der Waals surface area contributed by atoms with Gasteiger partial charge in [-0.2, -0.15) is 20.4 Å². The van der Waals surface area contributed by atoms with Gasteiger partial charge in [0.2, 0.25) is 11.8 Å². The SMILES string of the molecule is CC(=O)N1CCc2c(c(Nc3ccc(-c4cnn(C)c4)cc3)nn2[C@@H]2CCOC2)C1.CC(=O)N1CCc2c(c(Nc3ccc(-c4cnn(C)c4)cc3)nn2[C@H]2CCOC2)C1. The summed E-state index contributed by atoms with van der Waals surface area (Å²) < 4.78 is 19.0. The van der Waals surface area contributed by atoms with Gasteiger partial charge in [0.15, 0.2) is 11.6 Å². The first-order valence-electron chi connectivity index (χ1n) is 20.8. The summed E-state index contributed by atoms with van der Waals surface area (Å²) in [5, 5.41) is 25.3. The number of carbonyl (C=O) groups excluding carboxylic acids is 2. The van der Waals surface area contributed by atoms with E-state index in [2.05, 4.69) is 78.7 Å². The van der Waals surface area contributed by atoms with Gasteiger partial charge in [0.05, 0.1) is 50.8 Å². The molecule has 2 saturated heterocycles. The van der Waals surface area contributed by atoms with Crippen molar-refractivity contribution in [2.45, 2.75) is 64.7 Å². The van der Waals surface area contributed by atoms with E-state index in [1.165, 1.54) is 11.4 Å². The largest absolute Gasteiger partial charge is 0.379 e. The predicted molar refractivity (Wildman–Crippen MR) is 227 cm³/mol. The molecule has 4 aliphatic heterocycles. The lowest BCUT2D eigenvalue weighted by atomic mass is 10.1. The molecule has 312 valence electrons. The molecular formula is C44H52N12O4. The average molecular weight is 813 g/mol. The maximum atomic E-state index is 12.0. The number of nitrogens with one attached hydrogen (secondary N) is 2. The molecule has 0 unspecified atom stereocenters. The number of rotatable bonds is 8. The monoisotopic (exact) mass is 812 g/mol. The van der Waals surface area contributed by atoms with E-state index in [1.807, 2.05) is 48.7 Å². The summed E-state index contributed by atoms with van der Waals surface area (Å²) in [5.41, 5.74) is 11.0. The zero-order chi connectivity index (χ0) is 41.3. The summed E-state index contributed by atoms with van der Waals surface area (Å²) in [6.45, 7) is 8.86. The molecule has 0 saturated carbocycles. The normalized spacial score (nSPS) is 18.5. The van der Waals surface area contributed by atoms with E-state index in [4.69, 9.17) is 19.7 Å². The van der Waals surface area contributed by atoms with Crippen molar-refractivity contribution in [1.29, 1.82) is 0 Å². The third-order valence-electron chi connectivity index (χ3n) is 11.9. The van der Waals surface area contributed by atoms with Gasteiger partial charge in [0.25, 0.3) is 0 Å². The zero-order valence-corrected chi connectivity index (χ0v) is 34.7. The van der Waals surface area contributed by atoms with Crippen LogP contribution in [0, 0.1) is 0 Å². The average Bonchev–Trinajstić information content (AvgIpc) is 4.12. The molecule has 4 aromatic heterocycles. The van der Waals surface area contributed by atoms with Gasteiger partial charge < -0.3 is 29.9 Å². The standard InChI is InChI=1S/2C22H26N6O2/c2*1-15(29)27-9-7-21-20(13-27)22(25-28(21)19-8-10-30-14-19)24-18-5-3-16(4-6-18)17-11-23-26(2)12-17/h2*3-6,11-12,19H,7-10,13-14H2,1-2H3,(H,24,25)/t2*19-/m10/s1. The Morgan fingerprint density at radius 1 is 0.617 bits per heavy atom. The quantitative estimate of drug-likeness (QED) is 0.193. The van der Waals surface area contributed by atoms with Crippen LogP contribution in [0.25, 0.3) is 22.3 Å². The van der Waals surface area contributed by atoms with Crippen molar-refractivity contribution in [3.63, 3.8) is 0 Å². The molecule has 2 aromatic carbocycles. The van der Waals surface area contributed by atoms with Crippen LogP contribution in [0.4, 0.5) is 23.0 Å². The van der Waals surface area contributed by atoms with Crippen molar-refractivity contribution in [3.8, 4) is 22.3 Å². The number of hydrogen-bond acceptors (Lipinski definition) is 10. The van der Waals surface area contributed by atoms with Gasteiger partial charge >= 0.3 is 0 Å². The van der Waals surface area contributed by atoms with E-state index in [0.717, 1.165) is 108 Å². The number of carbonyl (C=O) groups is 2. The van der Waals surface area contributed by atoms with Gasteiger partial charge in [-0.15, -0.1) is 0 Å². The van der Waals surface area contributed by atoms with Crippen LogP contribution in [-0.2, 0) is 59.1 Å². The second kappa shape index (κ2) is 16.8. The fraction of sp³-hybridized carbons (Fsp3) is 0.409. The highest BCUT2D eigenvalue weighted by molar-refractivity contribution is 5.75. The van der Waals surface area contributed by atoms with Gasteiger partial charge in [-0.3, -0.25) is 28.3 Å². The van der Waals surface area contributed by atoms with Crippen molar-refractivity contribution in [3.05, 3.63) is 95.8 Å². The van der Waals surface area contributed by atoms with E-state index in [1.54, 1.807) is 23.2 Å². The number of aromatic nitrogens is 8. The molecule has 0 spiro atoms. The number of amides is 2. The molecule has 2 atom stereocenters. The Hall–Kier alpha value is -6.26. The molecule has 0 radical (unpaired) electrons. The Labute approximate surface area is 349 Å². The second-order valence-electron chi connectivity index (χ2n) is 16.1. The topological polar surface area (TPSA) is 154 Å². The summed E-state index contributed by atoms with van der Waals surface area (Å²) >= 11 is 0. The molecule has 16 heteroatoms. The lowest BCUT2D eigenvalue weighted by Crippen LogP contribution is -2.35. The second-order valence-corrected chi connectivity index (χ2v) is 16.1. The minimum Gasteiger partial charge on any atom is -0.379 e. The van der Waals surface area contributed by atoms with Crippen LogP contribution in [0.2, 0.25) is 0 Å². The smallest absolute Gasteiger partial charge is 0.219 e. The van der Waals surface area contributed by atoms with E-state index in [0.29, 0.717) is 26.3 Å². The molecule has 8 heterocycles. The Morgan fingerprint density at radius 2 is 1.03 bits per heavy atom. The highest BCUT2D eigenvalue weighted by Gasteiger charge is 2.32.